The van der Waals surface area contributed by atoms with Gasteiger partial charge < -0.3 is 34.5 Å². The van der Waals surface area contributed by atoms with Crippen molar-refractivity contribution in [3.05, 3.63) is 23.8 Å². The number of benzene rings is 1. The molecular weight excluding hydrogens is 470 g/mol. The normalized spacial score (nSPS) is 22.8. The lowest BCUT2D eigenvalue weighted by Crippen LogP contribution is -2.51. The second-order valence-corrected chi connectivity index (χ2v) is 11.5. The average Bonchev–Trinajstić information content (AvgIpc) is 2.88. The van der Waals surface area contributed by atoms with Gasteiger partial charge in [-0.1, -0.05) is 6.07 Å². The fourth-order valence-corrected chi connectivity index (χ4v) is 5.77. The first-order valence-corrected chi connectivity index (χ1v) is 14.2. The lowest BCUT2D eigenvalue weighted by Gasteiger charge is -2.36. The summed E-state index contributed by atoms with van der Waals surface area (Å²) in [5, 5.41) is 6.95. The summed E-state index contributed by atoms with van der Waals surface area (Å²) in [5.74, 6) is 1.58. The Morgan fingerprint density at radius 2 is 2.03 bits per heavy atom. The monoisotopic (exact) mass is 517 g/mol. The van der Waals surface area contributed by atoms with Gasteiger partial charge in [-0.2, -0.15) is 0 Å². The van der Waals surface area contributed by atoms with E-state index in [0.717, 1.165) is 96.0 Å². The molecule has 1 unspecified atom stereocenters. The lowest BCUT2D eigenvalue weighted by molar-refractivity contribution is -0.124. The van der Waals surface area contributed by atoms with E-state index in [2.05, 4.69) is 47.6 Å². The highest BCUT2D eigenvalue weighted by atomic mass is 16.5. The molecule has 4 rings (SSSR count). The van der Waals surface area contributed by atoms with E-state index in [-0.39, 0.29) is 17.6 Å². The second kappa shape index (κ2) is 13.8. The minimum Gasteiger partial charge on any atom is -0.490 e. The Bertz CT molecular complexity index is 850. The van der Waals surface area contributed by atoms with E-state index >= 15 is 0 Å². The maximum atomic E-state index is 12.6. The van der Waals surface area contributed by atoms with Gasteiger partial charge in [-0.05, 0) is 76.0 Å². The van der Waals surface area contributed by atoms with Gasteiger partial charge in [-0.3, -0.25) is 4.79 Å². The summed E-state index contributed by atoms with van der Waals surface area (Å²) in [6, 6.07) is 6.79. The molecule has 37 heavy (non-hydrogen) atoms. The van der Waals surface area contributed by atoms with Crippen LogP contribution in [-0.4, -0.2) is 76.8 Å². The smallest absolute Gasteiger partial charge is 0.220 e. The van der Waals surface area contributed by atoms with Crippen molar-refractivity contribution < 1.29 is 23.7 Å². The van der Waals surface area contributed by atoms with E-state index in [1.807, 2.05) is 0 Å². The number of hydrogen-bond donors (Lipinski definition) is 2. The fraction of sp³-hybridized carbons (Fsp3) is 0.759. The summed E-state index contributed by atoms with van der Waals surface area (Å²) in [7, 11) is 1.75. The number of nitrogens with zero attached hydrogens (tertiary/aromatic N) is 1. The molecule has 208 valence electrons. The minimum atomic E-state index is -0.228. The number of anilines is 1. The van der Waals surface area contributed by atoms with Crippen LogP contribution in [0.2, 0.25) is 0 Å². The van der Waals surface area contributed by atoms with Crippen LogP contribution in [0.4, 0.5) is 5.69 Å². The Morgan fingerprint density at radius 3 is 2.78 bits per heavy atom. The van der Waals surface area contributed by atoms with Crippen molar-refractivity contribution in [2.45, 2.75) is 83.1 Å². The molecule has 1 aromatic carbocycles. The molecule has 3 heterocycles. The highest BCUT2D eigenvalue weighted by Gasteiger charge is 2.29. The lowest BCUT2D eigenvalue weighted by atomic mass is 9.89. The van der Waals surface area contributed by atoms with Crippen molar-refractivity contribution in [2.75, 3.05) is 58.1 Å². The Labute approximate surface area is 222 Å². The minimum absolute atomic E-state index is 0.168. The zero-order valence-corrected chi connectivity index (χ0v) is 23.1. The van der Waals surface area contributed by atoms with Crippen molar-refractivity contribution in [1.82, 2.24) is 10.6 Å². The number of methoxy groups -OCH3 is 1. The highest BCUT2D eigenvalue weighted by Crippen LogP contribution is 2.33. The van der Waals surface area contributed by atoms with Crippen LogP contribution in [0.3, 0.4) is 0 Å². The molecule has 0 saturated carbocycles. The first kappa shape index (κ1) is 28.1. The summed E-state index contributed by atoms with van der Waals surface area (Å²) < 4.78 is 22.8. The summed E-state index contributed by atoms with van der Waals surface area (Å²) in [4.78, 5) is 15.0. The molecule has 0 aliphatic carbocycles. The zero-order chi connectivity index (χ0) is 26.1. The van der Waals surface area contributed by atoms with Gasteiger partial charge >= 0.3 is 0 Å². The van der Waals surface area contributed by atoms with Gasteiger partial charge in [0.15, 0.2) is 0 Å². The van der Waals surface area contributed by atoms with Gasteiger partial charge in [0.1, 0.15) is 12.4 Å². The van der Waals surface area contributed by atoms with E-state index in [4.69, 9.17) is 18.9 Å². The Balaban J connectivity index is 1.18. The van der Waals surface area contributed by atoms with Gasteiger partial charge in [0.25, 0.3) is 0 Å². The van der Waals surface area contributed by atoms with Crippen LogP contribution >= 0.6 is 0 Å². The molecular formula is C29H47N3O5. The van der Waals surface area contributed by atoms with Gasteiger partial charge in [0.2, 0.25) is 5.91 Å². The first-order chi connectivity index (χ1) is 17.9. The molecule has 2 N–H and O–H groups in total. The number of fused-ring (bicyclic) bond motifs is 1. The standard InChI is InChI=1S/C29H47N3O5/c1-29(2,31-28(33)18-22-9-14-35-15-10-22)19-24-6-7-25(20-30-24)37-21-23-5-8-27-26(17-23)32(12-16-36-27)11-4-13-34-3/h5,8,17,22,24-25,30H,4,6-7,9-16,18-21H2,1-3H3,(H,31,33)/t24?,25-/m1/s1. The Hall–Kier alpha value is -1.87. The van der Waals surface area contributed by atoms with E-state index in [1.165, 1.54) is 5.56 Å². The van der Waals surface area contributed by atoms with Crippen molar-refractivity contribution in [3.8, 4) is 5.75 Å². The van der Waals surface area contributed by atoms with Crippen molar-refractivity contribution in [1.29, 1.82) is 0 Å². The molecule has 0 spiro atoms. The molecule has 0 aromatic heterocycles. The van der Waals surface area contributed by atoms with Crippen LogP contribution in [0.5, 0.6) is 5.75 Å². The second-order valence-electron chi connectivity index (χ2n) is 11.5. The third-order valence-corrected chi connectivity index (χ3v) is 7.77. The average molecular weight is 518 g/mol. The Kier molecular flexibility index (Phi) is 10.5. The number of rotatable bonds is 12. The number of piperidine rings is 1. The van der Waals surface area contributed by atoms with Gasteiger partial charge in [0, 0.05) is 58.0 Å². The molecule has 0 radical (unpaired) electrons. The van der Waals surface area contributed by atoms with Crippen LogP contribution < -0.4 is 20.3 Å². The van der Waals surface area contributed by atoms with Crippen LogP contribution in [-0.2, 0) is 25.6 Å². The highest BCUT2D eigenvalue weighted by molar-refractivity contribution is 5.77. The quantitative estimate of drug-likeness (QED) is 0.410. The van der Waals surface area contributed by atoms with E-state index in [9.17, 15) is 4.79 Å². The van der Waals surface area contributed by atoms with E-state index in [1.54, 1.807) is 7.11 Å². The van der Waals surface area contributed by atoms with Crippen molar-refractivity contribution in [2.24, 2.45) is 5.92 Å². The molecule has 2 fully saturated rings. The van der Waals surface area contributed by atoms with Crippen molar-refractivity contribution >= 4 is 11.6 Å². The SMILES string of the molecule is COCCCN1CCOc2ccc(CO[C@@H]3CCC(CC(C)(C)NC(=O)CC4CCOCC4)NC3)cc21. The number of nitrogens with one attached hydrogen (secondary N) is 2. The Morgan fingerprint density at radius 1 is 1.19 bits per heavy atom. The molecule has 0 bridgehead atoms. The summed E-state index contributed by atoms with van der Waals surface area (Å²) in [6.07, 6.45) is 6.80. The van der Waals surface area contributed by atoms with Crippen LogP contribution in [0.15, 0.2) is 18.2 Å². The van der Waals surface area contributed by atoms with Crippen LogP contribution in [0.25, 0.3) is 0 Å². The number of carbonyl (C=O) groups is 1. The van der Waals surface area contributed by atoms with Crippen molar-refractivity contribution in [3.63, 3.8) is 0 Å². The molecule has 2 atom stereocenters. The third-order valence-electron chi connectivity index (χ3n) is 7.77. The fourth-order valence-electron chi connectivity index (χ4n) is 5.77. The van der Waals surface area contributed by atoms with E-state index in [0.29, 0.717) is 25.0 Å². The predicted molar refractivity (Wildman–Crippen MR) is 145 cm³/mol. The number of ether oxygens (including phenoxy) is 4. The van der Waals surface area contributed by atoms with E-state index < -0.39 is 0 Å². The maximum absolute atomic E-state index is 12.6. The van der Waals surface area contributed by atoms with Gasteiger partial charge in [-0.25, -0.2) is 0 Å². The summed E-state index contributed by atoms with van der Waals surface area (Å²) >= 11 is 0. The van der Waals surface area contributed by atoms with Gasteiger partial charge in [0.05, 0.1) is 24.9 Å². The molecule has 3 aliphatic rings. The number of amides is 1. The summed E-state index contributed by atoms with van der Waals surface area (Å²) in [6.45, 7) is 10.6. The zero-order valence-electron chi connectivity index (χ0n) is 23.1. The molecule has 2 saturated heterocycles. The largest absolute Gasteiger partial charge is 0.490 e. The topological polar surface area (TPSA) is 81.3 Å². The molecule has 1 amide bonds. The first-order valence-electron chi connectivity index (χ1n) is 14.2. The van der Waals surface area contributed by atoms with Crippen LogP contribution in [0, 0.1) is 5.92 Å². The number of hydrogen-bond acceptors (Lipinski definition) is 7. The molecule has 8 heteroatoms. The predicted octanol–water partition coefficient (Wildman–Crippen LogP) is 3.66. The molecule has 3 aliphatic heterocycles. The maximum Gasteiger partial charge on any atom is 0.220 e. The summed E-state index contributed by atoms with van der Waals surface area (Å²) in [5.41, 5.74) is 2.11. The number of carbonyl (C=O) groups excluding carboxylic acids is 1. The van der Waals surface area contributed by atoms with Crippen LogP contribution in [0.1, 0.15) is 64.4 Å². The third kappa shape index (κ3) is 8.84. The molecule has 1 aromatic rings. The molecule has 8 nitrogen and oxygen atoms in total. The van der Waals surface area contributed by atoms with Gasteiger partial charge in [-0.15, -0.1) is 0 Å².